The average Bonchev–Trinajstić information content (AvgIpc) is 3.01. The van der Waals surface area contributed by atoms with E-state index in [0.29, 0.717) is 54.2 Å². The van der Waals surface area contributed by atoms with Gasteiger partial charge in [-0.25, -0.2) is 9.78 Å². The molecule has 0 radical (unpaired) electrons. The Morgan fingerprint density at radius 1 is 1.29 bits per heavy atom. The number of nitrogens with zero attached hydrogens (tertiary/aromatic N) is 4. The van der Waals surface area contributed by atoms with Gasteiger partial charge in [0, 0.05) is 24.6 Å². The minimum absolute atomic E-state index is 0.182. The SMILES string of the molecule is CCOC(=O)N1CCc2c(cncc2C(=O)n2c(C)nc3cc(N)ccc32)C1. The van der Waals surface area contributed by atoms with Crippen molar-refractivity contribution in [1.29, 1.82) is 0 Å². The number of amides is 1. The van der Waals surface area contributed by atoms with Crippen LogP contribution in [-0.4, -0.2) is 44.6 Å². The number of aromatic nitrogens is 3. The Morgan fingerprint density at radius 3 is 2.89 bits per heavy atom. The van der Waals surface area contributed by atoms with E-state index in [-0.39, 0.29) is 12.0 Å². The Bertz CT molecular complexity index is 1090. The van der Waals surface area contributed by atoms with E-state index in [9.17, 15) is 9.59 Å². The predicted molar refractivity (Wildman–Crippen MR) is 104 cm³/mol. The maximum atomic E-state index is 13.4. The minimum Gasteiger partial charge on any atom is -0.450 e. The quantitative estimate of drug-likeness (QED) is 0.686. The van der Waals surface area contributed by atoms with E-state index >= 15 is 0 Å². The van der Waals surface area contributed by atoms with Crippen molar-refractivity contribution >= 4 is 28.7 Å². The highest BCUT2D eigenvalue weighted by Crippen LogP contribution is 2.25. The number of fused-ring (bicyclic) bond motifs is 2. The molecule has 2 N–H and O–H groups in total. The lowest BCUT2D eigenvalue weighted by atomic mass is 9.97. The first-order valence-corrected chi connectivity index (χ1v) is 9.16. The standard InChI is InChI=1S/C20H21N5O3/c1-3-28-20(27)24-7-6-15-13(11-24)9-22-10-16(15)19(26)25-12(2)23-17-8-14(21)4-5-18(17)25/h4-5,8-10H,3,6-7,11,21H2,1-2H3. The lowest BCUT2D eigenvalue weighted by molar-refractivity contribution is 0.0958. The topological polar surface area (TPSA) is 103 Å². The molecule has 0 saturated carbocycles. The molecule has 0 saturated heterocycles. The highest BCUT2D eigenvalue weighted by molar-refractivity contribution is 6.03. The molecule has 3 aromatic rings. The Balaban J connectivity index is 1.72. The molecule has 144 valence electrons. The van der Waals surface area contributed by atoms with Crippen molar-refractivity contribution in [1.82, 2.24) is 19.4 Å². The summed E-state index contributed by atoms with van der Waals surface area (Å²) in [4.78, 5) is 35.7. The molecule has 2 aromatic heterocycles. The second kappa shape index (κ2) is 6.95. The molecular formula is C20H21N5O3. The number of rotatable bonds is 2. The summed E-state index contributed by atoms with van der Waals surface area (Å²) >= 11 is 0. The molecule has 0 aliphatic carbocycles. The van der Waals surface area contributed by atoms with Crippen LogP contribution in [0.5, 0.6) is 0 Å². The van der Waals surface area contributed by atoms with Gasteiger partial charge in [0.25, 0.3) is 5.91 Å². The monoisotopic (exact) mass is 379 g/mol. The molecule has 0 fully saturated rings. The first-order chi connectivity index (χ1) is 13.5. The summed E-state index contributed by atoms with van der Waals surface area (Å²) in [6.07, 6.45) is 3.51. The number of hydrogen-bond donors (Lipinski definition) is 1. The molecule has 0 unspecified atom stereocenters. The maximum Gasteiger partial charge on any atom is 0.410 e. The molecule has 28 heavy (non-hydrogen) atoms. The summed E-state index contributed by atoms with van der Waals surface area (Å²) in [5.41, 5.74) is 10.1. The van der Waals surface area contributed by atoms with E-state index in [2.05, 4.69) is 9.97 Å². The highest BCUT2D eigenvalue weighted by atomic mass is 16.6. The Hall–Kier alpha value is -3.42. The van der Waals surface area contributed by atoms with Gasteiger partial charge in [0.05, 0.1) is 29.7 Å². The van der Waals surface area contributed by atoms with E-state index in [1.807, 2.05) is 0 Å². The maximum absolute atomic E-state index is 13.4. The summed E-state index contributed by atoms with van der Waals surface area (Å²) in [6.45, 7) is 4.77. The molecular weight excluding hydrogens is 358 g/mol. The number of carbonyl (C=O) groups is 2. The lowest BCUT2D eigenvalue weighted by Gasteiger charge is -2.28. The van der Waals surface area contributed by atoms with Crippen LogP contribution in [0.15, 0.2) is 30.6 Å². The number of benzene rings is 1. The van der Waals surface area contributed by atoms with Gasteiger partial charge in [0.15, 0.2) is 0 Å². The van der Waals surface area contributed by atoms with Gasteiger partial charge in [-0.3, -0.25) is 14.3 Å². The minimum atomic E-state index is -0.348. The van der Waals surface area contributed by atoms with Gasteiger partial charge >= 0.3 is 6.09 Å². The van der Waals surface area contributed by atoms with Crippen LogP contribution in [0.2, 0.25) is 0 Å². The fraction of sp³-hybridized carbons (Fsp3) is 0.300. The molecule has 1 aliphatic heterocycles. The van der Waals surface area contributed by atoms with E-state index in [0.717, 1.165) is 11.1 Å². The van der Waals surface area contributed by atoms with Gasteiger partial charge in [-0.05, 0) is 49.6 Å². The van der Waals surface area contributed by atoms with Gasteiger partial charge in [-0.2, -0.15) is 0 Å². The number of anilines is 1. The van der Waals surface area contributed by atoms with Crippen LogP contribution >= 0.6 is 0 Å². The number of nitrogens with two attached hydrogens (primary N) is 1. The molecule has 0 atom stereocenters. The predicted octanol–water partition coefficient (Wildman–Crippen LogP) is 2.53. The number of imidazole rings is 1. The van der Waals surface area contributed by atoms with Gasteiger partial charge < -0.3 is 15.4 Å². The number of pyridine rings is 1. The fourth-order valence-electron chi connectivity index (χ4n) is 3.64. The van der Waals surface area contributed by atoms with Crippen molar-refractivity contribution in [3.63, 3.8) is 0 Å². The normalized spacial score (nSPS) is 13.4. The van der Waals surface area contributed by atoms with Crippen molar-refractivity contribution in [2.45, 2.75) is 26.8 Å². The van der Waals surface area contributed by atoms with E-state index in [4.69, 9.17) is 10.5 Å². The van der Waals surface area contributed by atoms with Crippen molar-refractivity contribution in [3.8, 4) is 0 Å². The van der Waals surface area contributed by atoms with Crippen LogP contribution < -0.4 is 5.73 Å². The van der Waals surface area contributed by atoms with Crippen LogP contribution in [0.4, 0.5) is 10.5 Å². The first-order valence-electron chi connectivity index (χ1n) is 9.16. The van der Waals surface area contributed by atoms with Gasteiger partial charge in [-0.1, -0.05) is 0 Å². The van der Waals surface area contributed by atoms with E-state index < -0.39 is 0 Å². The largest absolute Gasteiger partial charge is 0.450 e. The van der Waals surface area contributed by atoms with Gasteiger partial charge in [0.1, 0.15) is 5.82 Å². The number of aryl methyl sites for hydroxylation is 1. The number of hydrogen-bond acceptors (Lipinski definition) is 6. The van der Waals surface area contributed by atoms with Gasteiger partial charge in [-0.15, -0.1) is 0 Å². The molecule has 3 heterocycles. The molecule has 1 aromatic carbocycles. The zero-order valence-electron chi connectivity index (χ0n) is 15.8. The molecule has 1 amide bonds. The summed E-state index contributed by atoms with van der Waals surface area (Å²) in [5.74, 6) is 0.408. The zero-order chi connectivity index (χ0) is 19.8. The third-order valence-electron chi connectivity index (χ3n) is 4.95. The smallest absolute Gasteiger partial charge is 0.410 e. The summed E-state index contributed by atoms with van der Waals surface area (Å²) in [6, 6.07) is 5.30. The lowest BCUT2D eigenvalue weighted by Crippen LogP contribution is -2.37. The van der Waals surface area contributed by atoms with Crippen LogP contribution in [0, 0.1) is 6.92 Å². The fourth-order valence-corrected chi connectivity index (χ4v) is 3.64. The van der Waals surface area contributed by atoms with E-state index in [1.54, 1.807) is 53.9 Å². The Morgan fingerprint density at radius 2 is 2.11 bits per heavy atom. The summed E-state index contributed by atoms with van der Waals surface area (Å²) in [7, 11) is 0. The van der Waals surface area contributed by atoms with Crippen LogP contribution in [-0.2, 0) is 17.7 Å². The first kappa shape index (κ1) is 18.0. The van der Waals surface area contributed by atoms with Crippen molar-refractivity contribution in [2.24, 2.45) is 0 Å². The van der Waals surface area contributed by atoms with Gasteiger partial charge in [0.2, 0.25) is 0 Å². The summed E-state index contributed by atoms with van der Waals surface area (Å²) in [5, 5.41) is 0. The van der Waals surface area contributed by atoms with Crippen LogP contribution in [0.3, 0.4) is 0 Å². The molecule has 0 bridgehead atoms. The molecule has 8 nitrogen and oxygen atoms in total. The molecule has 0 spiro atoms. The molecule has 4 rings (SSSR count). The number of carbonyl (C=O) groups excluding carboxylic acids is 2. The average molecular weight is 379 g/mol. The second-order valence-electron chi connectivity index (χ2n) is 6.74. The Labute approximate surface area is 161 Å². The highest BCUT2D eigenvalue weighted by Gasteiger charge is 2.27. The third kappa shape index (κ3) is 2.96. The molecule has 8 heteroatoms. The zero-order valence-corrected chi connectivity index (χ0v) is 15.8. The number of nitrogen functional groups attached to an aromatic ring is 1. The number of ether oxygens (including phenoxy) is 1. The molecule has 1 aliphatic rings. The van der Waals surface area contributed by atoms with Crippen LogP contribution in [0.25, 0.3) is 11.0 Å². The Kier molecular flexibility index (Phi) is 4.46. The second-order valence-corrected chi connectivity index (χ2v) is 6.74. The van der Waals surface area contributed by atoms with Crippen molar-refractivity contribution in [3.05, 3.63) is 53.1 Å². The van der Waals surface area contributed by atoms with E-state index in [1.165, 1.54) is 0 Å². The summed E-state index contributed by atoms with van der Waals surface area (Å²) < 4.78 is 6.67. The third-order valence-corrected chi connectivity index (χ3v) is 4.95. The van der Waals surface area contributed by atoms with Crippen molar-refractivity contribution < 1.29 is 14.3 Å². The van der Waals surface area contributed by atoms with Crippen molar-refractivity contribution in [2.75, 3.05) is 18.9 Å². The van der Waals surface area contributed by atoms with Crippen LogP contribution in [0.1, 0.15) is 34.2 Å².